The third-order valence-electron chi connectivity index (χ3n) is 2.89. The molecule has 0 aromatic heterocycles. The molecule has 1 unspecified atom stereocenters. The fraction of sp³-hybridized carbons (Fsp3) is 0.500. The van der Waals surface area contributed by atoms with Crippen molar-refractivity contribution in [3.05, 3.63) is 29.8 Å². The molecule has 4 nitrogen and oxygen atoms in total. The van der Waals surface area contributed by atoms with Crippen molar-refractivity contribution < 1.29 is 8.42 Å². The van der Waals surface area contributed by atoms with E-state index in [1.54, 1.807) is 0 Å². The molecule has 0 saturated carbocycles. The van der Waals surface area contributed by atoms with E-state index in [0.717, 1.165) is 17.8 Å². The van der Waals surface area contributed by atoms with E-state index in [0.29, 0.717) is 6.54 Å². The van der Waals surface area contributed by atoms with Crippen molar-refractivity contribution in [2.75, 3.05) is 23.7 Å². The van der Waals surface area contributed by atoms with Crippen LogP contribution in [0.4, 0.5) is 5.69 Å². The van der Waals surface area contributed by atoms with E-state index < -0.39 is 10.0 Å². The van der Waals surface area contributed by atoms with Crippen LogP contribution in [-0.2, 0) is 16.6 Å². The topological polar surface area (TPSA) is 49.4 Å². The van der Waals surface area contributed by atoms with Crippen LogP contribution in [0.2, 0.25) is 0 Å². The van der Waals surface area contributed by atoms with Crippen molar-refractivity contribution in [3.8, 4) is 0 Å². The van der Waals surface area contributed by atoms with Crippen LogP contribution >= 0.6 is 0 Å². The first kappa shape index (κ1) is 12.4. The molecule has 1 aromatic rings. The molecule has 0 amide bonds. The van der Waals surface area contributed by atoms with E-state index in [4.69, 9.17) is 0 Å². The van der Waals surface area contributed by atoms with E-state index in [1.807, 2.05) is 38.2 Å². The molecule has 1 aromatic carbocycles. The first-order valence-corrected chi connectivity index (χ1v) is 7.38. The average molecular weight is 254 g/mol. The minimum absolute atomic E-state index is 0.202. The van der Waals surface area contributed by atoms with Crippen LogP contribution in [0.1, 0.15) is 12.5 Å². The minimum Gasteiger partial charge on any atom is -0.316 e. The molecule has 1 heterocycles. The van der Waals surface area contributed by atoms with Gasteiger partial charge in [-0.1, -0.05) is 19.1 Å². The van der Waals surface area contributed by atoms with Gasteiger partial charge in [0.05, 0.1) is 11.4 Å². The molecular formula is C12H18N2O2S. The first-order valence-electron chi connectivity index (χ1n) is 5.77. The lowest BCUT2D eigenvalue weighted by molar-refractivity contribution is 0.598. The smallest absolute Gasteiger partial charge is 0.235 e. The molecule has 1 aliphatic heterocycles. The Hall–Kier alpha value is -1.07. The van der Waals surface area contributed by atoms with E-state index in [-0.39, 0.29) is 11.7 Å². The second kappa shape index (κ2) is 4.66. The van der Waals surface area contributed by atoms with Crippen LogP contribution < -0.4 is 9.62 Å². The summed E-state index contributed by atoms with van der Waals surface area (Å²) in [6.45, 7) is 3.30. The molecule has 1 saturated heterocycles. The number of hydrogen-bond acceptors (Lipinski definition) is 3. The van der Waals surface area contributed by atoms with Crippen LogP contribution in [-0.4, -0.2) is 27.8 Å². The van der Waals surface area contributed by atoms with Crippen molar-refractivity contribution in [2.24, 2.45) is 5.92 Å². The van der Waals surface area contributed by atoms with Gasteiger partial charge in [-0.15, -0.1) is 0 Å². The molecule has 0 radical (unpaired) electrons. The van der Waals surface area contributed by atoms with Gasteiger partial charge in [-0.2, -0.15) is 0 Å². The lowest BCUT2D eigenvalue weighted by Gasteiger charge is -2.17. The highest BCUT2D eigenvalue weighted by Crippen LogP contribution is 2.27. The molecular weight excluding hydrogens is 236 g/mol. The Kier molecular flexibility index (Phi) is 3.40. The normalized spacial score (nSPS) is 22.9. The quantitative estimate of drug-likeness (QED) is 0.881. The summed E-state index contributed by atoms with van der Waals surface area (Å²) in [6, 6.07) is 7.69. The van der Waals surface area contributed by atoms with E-state index in [1.165, 1.54) is 4.31 Å². The van der Waals surface area contributed by atoms with E-state index >= 15 is 0 Å². The zero-order valence-electron chi connectivity index (χ0n) is 10.2. The minimum atomic E-state index is -3.11. The van der Waals surface area contributed by atoms with Crippen molar-refractivity contribution in [3.63, 3.8) is 0 Å². The lowest BCUT2D eigenvalue weighted by Crippen LogP contribution is -2.25. The maximum atomic E-state index is 12.0. The number of sulfonamides is 1. The van der Waals surface area contributed by atoms with Crippen molar-refractivity contribution in [1.29, 1.82) is 0 Å². The zero-order chi connectivity index (χ0) is 12.5. The van der Waals surface area contributed by atoms with E-state index in [2.05, 4.69) is 5.32 Å². The van der Waals surface area contributed by atoms with Crippen LogP contribution in [0.25, 0.3) is 0 Å². The maximum Gasteiger partial charge on any atom is 0.235 e. The van der Waals surface area contributed by atoms with Crippen molar-refractivity contribution in [1.82, 2.24) is 5.32 Å². The van der Waals surface area contributed by atoms with Gasteiger partial charge in [0.1, 0.15) is 0 Å². The summed E-state index contributed by atoms with van der Waals surface area (Å²) < 4.78 is 25.4. The number of benzene rings is 1. The summed E-state index contributed by atoms with van der Waals surface area (Å²) in [6.07, 6.45) is 0. The fourth-order valence-electron chi connectivity index (χ4n) is 2.19. The molecule has 1 N–H and O–H groups in total. The third kappa shape index (κ3) is 2.61. The molecule has 0 spiro atoms. The van der Waals surface area contributed by atoms with Gasteiger partial charge in [0.15, 0.2) is 0 Å². The Morgan fingerprint density at radius 3 is 2.82 bits per heavy atom. The number of hydrogen-bond donors (Lipinski definition) is 1. The zero-order valence-corrected chi connectivity index (χ0v) is 11.0. The van der Waals surface area contributed by atoms with Gasteiger partial charge < -0.3 is 5.32 Å². The SMILES string of the molecule is CNCc1cccc(N2CC(C)CS2(=O)=O)c1. The van der Waals surface area contributed by atoms with Crippen LogP contribution in [0.15, 0.2) is 24.3 Å². The Bertz CT molecular complexity index is 499. The average Bonchev–Trinajstić information content (AvgIpc) is 2.53. The summed E-state index contributed by atoms with van der Waals surface area (Å²) in [4.78, 5) is 0. The maximum absolute atomic E-state index is 12.0. The highest BCUT2D eigenvalue weighted by Gasteiger charge is 2.33. The molecule has 5 heteroatoms. The molecule has 2 rings (SSSR count). The van der Waals surface area contributed by atoms with Gasteiger partial charge >= 0.3 is 0 Å². The van der Waals surface area contributed by atoms with Crippen LogP contribution in [0, 0.1) is 5.92 Å². The Morgan fingerprint density at radius 2 is 2.24 bits per heavy atom. The molecule has 0 bridgehead atoms. The second-order valence-corrected chi connectivity index (χ2v) is 6.55. The number of nitrogens with zero attached hydrogens (tertiary/aromatic N) is 1. The summed E-state index contributed by atoms with van der Waals surface area (Å²) in [5.74, 6) is 0.455. The first-order chi connectivity index (χ1) is 8.03. The molecule has 1 atom stereocenters. The predicted molar refractivity (Wildman–Crippen MR) is 69.5 cm³/mol. The molecule has 1 fully saturated rings. The van der Waals surface area contributed by atoms with Crippen molar-refractivity contribution >= 4 is 15.7 Å². The van der Waals surface area contributed by atoms with Crippen LogP contribution in [0.5, 0.6) is 0 Å². The molecule has 94 valence electrons. The Labute approximate surface area is 103 Å². The van der Waals surface area contributed by atoms with Gasteiger partial charge in [-0.3, -0.25) is 4.31 Å². The van der Waals surface area contributed by atoms with Gasteiger partial charge in [0.2, 0.25) is 10.0 Å². The molecule has 1 aliphatic rings. The highest BCUT2D eigenvalue weighted by atomic mass is 32.2. The summed E-state index contributed by atoms with van der Waals surface area (Å²) in [7, 11) is -1.23. The third-order valence-corrected chi connectivity index (χ3v) is 4.91. The summed E-state index contributed by atoms with van der Waals surface area (Å²) in [5.41, 5.74) is 1.88. The Balaban J connectivity index is 2.31. The second-order valence-electron chi connectivity index (χ2n) is 4.62. The molecule has 17 heavy (non-hydrogen) atoms. The monoisotopic (exact) mass is 254 g/mol. The van der Waals surface area contributed by atoms with E-state index in [9.17, 15) is 8.42 Å². The standard InChI is InChI=1S/C12H18N2O2S/c1-10-8-14(17(15,16)9-10)12-5-3-4-11(6-12)7-13-2/h3-6,10,13H,7-9H2,1-2H3. The number of rotatable bonds is 3. The van der Waals surface area contributed by atoms with Gasteiger partial charge in [-0.05, 0) is 30.7 Å². The predicted octanol–water partition coefficient (Wildman–Crippen LogP) is 1.19. The fourth-order valence-corrected chi connectivity index (χ4v) is 4.11. The van der Waals surface area contributed by atoms with Crippen molar-refractivity contribution in [2.45, 2.75) is 13.5 Å². The summed E-state index contributed by atoms with van der Waals surface area (Å²) >= 11 is 0. The number of anilines is 1. The van der Waals surface area contributed by atoms with Gasteiger partial charge in [0.25, 0.3) is 0 Å². The largest absolute Gasteiger partial charge is 0.316 e. The van der Waals surface area contributed by atoms with Gasteiger partial charge in [-0.25, -0.2) is 8.42 Å². The molecule has 0 aliphatic carbocycles. The Morgan fingerprint density at radius 1 is 1.47 bits per heavy atom. The number of nitrogens with one attached hydrogen (secondary N) is 1. The van der Waals surface area contributed by atoms with Crippen LogP contribution in [0.3, 0.4) is 0 Å². The van der Waals surface area contributed by atoms with Gasteiger partial charge in [0, 0.05) is 13.1 Å². The summed E-state index contributed by atoms with van der Waals surface area (Å²) in [5, 5.41) is 3.06. The highest BCUT2D eigenvalue weighted by molar-refractivity contribution is 7.93. The lowest BCUT2D eigenvalue weighted by atomic mass is 10.2.